The molecule has 1 aromatic carbocycles. The van der Waals surface area contributed by atoms with E-state index in [1.807, 2.05) is 31.2 Å². The van der Waals surface area contributed by atoms with Gasteiger partial charge in [-0.1, -0.05) is 48.1 Å². The highest BCUT2D eigenvalue weighted by atomic mass is 16.3. The van der Waals surface area contributed by atoms with E-state index in [2.05, 4.69) is 10.3 Å². The number of rotatable bonds is 3. The number of carbonyl (C=O) groups is 2. The molecule has 3 rings (SSSR count). The van der Waals surface area contributed by atoms with Crippen LogP contribution in [0.5, 0.6) is 0 Å². The van der Waals surface area contributed by atoms with E-state index in [9.17, 15) is 14.7 Å². The molecular weight excluding hydrogens is 292 g/mol. The number of nitrogens with one attached hydrogen (secondary N) is 1. The number of fused-ring (bicyclic) bond motifs is 1. The summed E-state index contributed by atoms with van der Waals surface area (Å²) in [5, 5.41) is 12.9. The number of dihydropyridines is 1. The van der Waals surface area contributed by atoms with E-state index < -0.39 is 17.7 Å². The fourth-order valence-electron chi connectivity index (χ4n) is 2.50. The van der Waals surface area contributed by atoms with E-state index in [0.717, 1.165) is 11.1 Å². The first kappa shape index (κ1) is 15.0. The molecule has 0 spiro atoms. The zero-order valence-corrected chi connectivity index (χ0v) is 12.6. The maximum Gasteiger partial charge on any atom is 0.286 e. The van der Waals surface area contributed by atoms with Crippen molar-refractivity contribution in [3.8, 4) is 0 Å². The minimum Gasteiger partial charge on any atom is -0.510 e. The van der Waals surface area contributed by atoms with E-state index in [1.165, 1.54) is 0 Å². The molecule has 23 heavy (non-hydrogen) atoms. The van der Waals surface area contributed by atoms with Crippen LogP contribution in [-0.2, 0) is 16.1 Å². The minimum absolute atomic E-state index is 0.248. The van der Waals surface area contributed by atoms with Gasteiger partial charge in [0.15, 0.2) is 0 Å². The molecule has 1 atom stereocenters. The third-order valence-electron chi connectivity index (χ3n) is 3.80. The molecule has 1 heterocycles. The molecule has 1 aliphatic carbocycles. The summed E-state index contributed by atoms with van der Waals surface area (Å²) in [6, 6.07) is 7.69. The molecule has 0 fully saturated rings. The second-order valence-electron chi connectivity index (χ2n) is 5.49. The summed E-state index contributed by atoms with van der Waals surface area (Å²) in [6.45, 7) is 2.26. The van der Waals surface area contributed by atoms with Crippen molar-refractivity contribution < 1.29 is 14.7 Å². The molecule has 116 valence electrons. The largest absolute Gasteiger partial charge is 0.510 e. The molecule has 5 heteroatoms. The number of hydrogen-bond donors (Lipinski definition) is 2. The molecule has 0 saturated carbocycles. The minimum atomic E-state index is -0.713. The van der Waals surface area contributed by atoms with Gasteiger partial charge in [-0.2, -0.15) is 0 Å². The second-order valence-corrected chi connectivity index (χ2v) is 5.49. The number of aryl methyl sites for hydroxylation is 1. The number of benzene rings is 1. The molecule has 5 nitrogen and oxygen atoms in total. The SMILES string of the molecule is Cc1ccc(CNC(=O)C2=C(O)C3C=CC=CC3=NC2=O)cc1. The molecule has 0 saturated heterocycles. The summed E-state index contributed by atoms with van der Waals surface area (Å²) < 4.78 is 0. The number of aliphatic hydroxyl groups is 1. The van der Waals surface area contributed by atoms with Crippen molar-refractivity contribution in [2.75, 3.05) is 0 Å². The smallest absolute Gasteiger partial charge is 0.286 e. The van der Waals surface area contributed by atoms with Crippen LogP contribution < -0.4 is 5.32 Å². The van der Waals surface area contributed by atoms with Crippen molar-refractivity contribution in [2.24, 2.45) is 10.9 Å². The summed E-state index contributed by atoms with van der Waals surface area (Å²) in [7, 11) is 0. The van der Waals surface area contributed by atoms with Crippen LogP contribution in [-0.4, -0.2) is 22.6 Å². The number of aliphatic hydroxyl groups excluding tert-OH is 1. The molecule has 1 aromatic rings. The van der Waals surface area contributed by atoms with Crippen LogP contribution in [0.25, 0.3) is 0 Å². The van der Waals surface area contributed by atoms with Crippen LogP contribution in [0.3, 0.4) is 0 Å². The van der Waals surface area contributed by atoms with Crippen LogP contribution in [0, 0.1) is 12.8 Å². The fourth-order valence-corrected chi connectivity index (χ4v) is 2.50. The Kier molecular flexibility index (Phi) is 3.93. The van der Waals surface area contributed by atoms with Gasteiger partial charge in [0.2, 0.25) is 0 Å². The van der Waals surface area contributed by atoms with Gasteiger partial charge >= 0.3 is 0 Å². The Hall–Kier alpha value is -2.95. The number of aliphatic imine (C=N–C) groups is 1. The molecule has 2 amide bonds. The monoisotopic (exact) mass is 308 g/mol. The molecule has 0 bridgehead atoms. The van der Waals surface area contributed by atoms with Gasteiger partial charge in [0, 0.05) is 6.54 Å². The number of nitrogens with zero attached hydrogens (tertiary/aromatic N) is 1. The first-order valence-electron chi connectivity index (χ1n) is 7.31. The van der Waals surface area contributed by atoms with Crippen molar-refractivity contribution in [3.05, 3.63) is 71.0 Å². The number of hydrogen-bond acceptors (Lipinski definition) is 3. The lowest BCUT2D eigenvalue weighted by molar-refractivity contribution is -0.122. The highest BCUT2D eigenvalue weighted by Gasteiger charge is 2.33. The van der Waals surface area contributed by atoms with Crippen LogP contribution in [0.2, 0.25) is 0 Å². The zero-order valence-electron chi connectivity index (χ0n) is 12.6. The highest BCUT2D eigenvalue weighted by Crippen LogP contribution is 2.25. The van der Waals surface area contributed by atoms with E-state index in [1.54, 1.807) is 24.3 Å². The average molecular weight is 308 g/mol. The molecule has 2 N–H and O–H groups in total. The number of carbonyl (C=O) groups excluding carboxylic acids is 2. The van der Waals surface area contributed by atoms with Crippen LogP contribution in [0.15, 0.2) is 64.9 Å². The predicted octanol–water partition coefficient (Wildman–Crippen LogP) is 2.15. The van der Waals surface area contributed by atoms with E-state index in [-0.39, 0.29) is 17.9 Å². The van der Waals surface area contributed by atoms with Gasteiger partial charge in [0.1, 0.15) is 11.3 Å². The Bertz CT molecular complexity index is 783. The zero-order chi connectivity index (χ0) is 16.4. The van der Waals surface area contributed by atoms with E-state index >= 15 is 0 Å². The highest BCUT2D eigenvalue weighted by molar-refractivity contribution is 6.25. The Morgan fingerprint density at radius 2 is 2.00 bits per heavy atom. The number of amides is 2. The quantitative estimate of drug-likeness (QED) is 0.840. The summed E-state index contributed by atoms with van der Waals surface area (Å²) in [5.41, 5.74) is 2.20. The topological polar surface area (TPSA) is 78.8 Å². The average Bonchev–Trinajstić information content (AvgIpc) is 2.54. The molecule has 0 radical (unpaired) electrons. The van der Waals surface area contributed by atoms with E-state index in [4.69, 9.17) is 0 Å². The Morgan fingerprint density at radius 3 is 2.74 bits per heavy atom. The Morgan fingerprint density at radius 1 is 1.26 bits per heavy atom. The van der Waals surface area contributed by atoms with Crippen LogP contribution >= 0.6 is 0 Å². The standard InChI is InChI=1S/C18H16N2O3/c1-11-6-8-12(9-7-11)10-19-17(22)15-16(21)13-4-2-3-5-14(13)20-18(15)23/h2-9,13,21H,10H2,1H3,(H,19,22). The van der Waals surface area contributed by atoms with Crippen molar-refractivity contribution in [1.82, 2.24) is 5.32 Å². The van der Waals surface area contributed by atoms with Gasteiger partial charge in [-0.25, -0.2) is 4.99 Å². The molecule has 0 aromatic heterocycles. The molecule has 2 aliphatic rings. The third-order valence-corrected chi connectivity index (χ3v) is 3.80. The Balaban J connectivity index is 1.76. The summed E-state index contributed by atoms with van der Waals surface area (Å²) in [4.78, 5) is 28.2. The maximum atomic E-state index is 12.3. The van der Waals surface area contributed by atoms with Crippen LogP contribution in [0.1, 0.15) is 11.1 Å². The van der Waals surface area contributed by atoms with Gasteiger partial charge in [0.05, 0.1) is 11.6 Å². The summed E-state index contributed by atoms with van der Waals surface area (Å²) in [5.74, 6) is -2.10. The molecular formula is C18H16N2O3. The maximum absolute atomic E-state index is 12.3. The predicted molar refractivity (Wildman–Crippen MR) is 86.9 cm³/mol. The molecule has 1 aliphatic heterocycles. The third kappa shape index (κ3) is 2.99. The van der Waals surface area contributed by atoms with Crippen LogP contribution in [0.4, 0.5) is 0 Å². The summed E-state index contributed by atoms with van der Waals surface area (Å²) in [6.07, 6.45) is 6.84. The lowest BCUT2D eigenvalue weighted by Gasteiger charge is -2.21. The Labute approximate surface area is 133 Å². The van der Waals surface area contributed by atoms with E-state index in [0.29, 0.717) is 5.71 Å². The normalized spacial score (nSPS) is 19.4. The van der Waals surface area contributed by atoms with Gasteiger partial charge in [-0.15, -0.1) is 0 Å². The second kappa shape index (κ2) is 6.04. The van der Waals surface area contributed by atoms with Crippen molar-refractivity contribution in [3.63, 3.8) is 0 Å². The fraction of sp³-hybridized carbons (Fsp3) is 0.167. The lowest BCUT2D eigenvalue weighted by Crippen LogP contribution is -2.34. The first-order chi connectivity index (χ1) is 11.1. The van der Waals surface area contributed by atoms with Gasteiger partial charge in [0.25, 0.3) is 11.8 Å². The van der Waals surface area contributed by atoms with Gasteiger partial charge in [-0.05, 0) is 18.6 Å². The van der Waals surface area contributed by atoms with Crippen molar-refractivity contribution >= 4 is 17.5 Å². The number of allylic oxidation sites excluding steroid dienone is 4. The van der Waals surface area contributed by atoms with Gasteiger partial charge < -0.3 is 10.4 Å². The molecule has 1 unspecified atom stereocenters. The lowest BCUT2D eigenvalue weighted by atomic mass is 9.90. The van der Waals surface area contributed by atoms with Gasteiger partial charge in [-0.3, -0.25) is 9.59 Å². The van der Waals surface area contributed by atoms with Crippen molar-refractivity contribution in [1.29, 1.82) is 0 Å². The summed E-state index contributed by atoms with van der Waals surface area (Å²) >= 11 is 0. The van der Waals surface area contributed by atoms with Crippen molar-refractivity contribution in [2.45, 2.75) is 13.5 Å². The first-order valence-corrected chi connectivity index (χ1v) is 7.31.